The number of carboxylic acid groups (broad SMARTS) is 1. The van der Waals surface area contributed by atoms with Crippen molar-refractivity contribution in [3.8, 4) is 5.75 Å². The number of hydrogen-bond acceptors (Lipinski definition) is 3. The minimum atomic E-state index is -1.21. The Morgan fingerprint density at radius 1 is 1.43 bits per heavy atom. The van der Waals surface area contributed by atoms with Crippen LogP contribution in [0, 0.1) is 17.2 Å². The number of aliphatic carboxylic acids is 1. The van der Waals surface area contributed by atoms with E-state index in [-0.39, 0.29) is 29.5 Å². The largest absolute Gasteiger partial charge is 0.478 e. The van der Waals surface area contributed by atoms with Crippen LogP contribution in [-0.4, -0.2) is 29.6 Å². The van der Waals surface area contributed by atoms with Crippen LogP contribution < -0.4 is 10.1 Å². The number of carboxylic acids is 1. The quantitative estimate of drug-likeness (QED) is 0.839. The molecule has 1 aromatic carbocycles. The molecule has 2 atom stereocenters. The van der Waals surface area contributed by atoms with E-state index in [4.69, 9.17) is 9.84 Å². The summed E-state index contributed by atoms with van der Waals surface area (Å²) in [5.41, 5.74) is -0.0133. The van der Waals surface area contributed by atoms with Gasteiger partial charge in [-0.1, -0.05) is 13.8 Å². The summed E-state index contributed by atoms with van der Waals surface area (Å²) in [5.74, 6) is -1.61. The Morgan fingerprint density at radius 2 is 2.00 bits per heavy atom. The molecule has 0 bridgehead atoms. The standard InChI is InChI=1S/C15H18FNO4/c1-15(2)7-11(15)13(18)17-8-12(14(19)20)21-10-5-3-9(16)4-6-10/h3-6,11-12H,7-8H2,1-2H3,(H,17,18)(H,19,20). The van der Waals surface area contributed by atoms with E-state index in [1.807, 2.05) is 13.8 Å². The van der Waals surface area contributed by atoms with Gasteiger partial charge >= 0.3 is 5.97 Å². The third kappa shape index (κ3) is 3.93. The molecule has 0 spiro atoms. The van der Waals surface area contributed by atoms with Crippen LogP contribution in [0.2, 0.25) is 0 Å². The van der Waals surface area contributed by atoms with Gasteiger partial charge in [-0.15, -0.1) is 0 Å². The SMILES string of the molecule is CC1(C)CC1C(=O)NCC(Oc1ccc(F)cc1)C(=O)O. The number of amides is 1. The lowest BCUT2D eigenvalue weighted by Crippen LogP contribution is -2.41. The lowest BCUT2D eigenvalue weighted by atomic mass is 10.1. The molecule has 1 saturated carbocycles. The van der Waals surface area contributed by atoms with Gasteiger partial charge in [0.1, 0.15) is 11.6 Å². The topological polar surface area (TPSA) is 75.6 Å². The van der Waals surface area contributed by atoms with Crippen LogP contribution in [0.25, 0.3) is 0 Å². The summed E-state index contributed by atoms with van der Waals surface area (Å²) in [6.45, 7) is 3.85. The maximum Gasteiger partial charge on any atom is 0.346 e. The third-order valence-corrected chi connectivity index (χ3v) is 3.66. The van der Waals surface area contributed by atoms with Gasteiger partial charge < -0.3 is 15.2 Å². The second-order valence-electron chi connectivity index (χ2n) is 5.89. The number of benzene rings is 1. The molecule has 1 aliphatic carbocycles. The van der Waals surface area contributed by atoms with Crippen molar-refractivity contribution in [2.75, 3.05) is 6.54 Å². The molecular formula is C15H18FNO4. The molecule has 5 nitrogen and oxygen atoms in total. The maximum absolute atomic E-state index is 12.8. The van der Waals surface area contributed by atoms with Crippen molar-refractivity contribution in [1.29, 1.82) is 0 Å². The summed E-state index contributed by atoms with van der Waals surface area (Å²) < 4.78 is 18.0. The number of hydrogen-bond donors (Lipinski definition) is 2. The van der Waals surface area contributed by atoms with Crippen LogP contribution in [0.3, 0.4) is 0 Å². The van der Waals surface area contributed by atoms with Crippen LogP contribution in [0.1, 0.15) is 20.3 Å². The third-order valence-electron chi connectivity index (χ3n) is 3.66. The highest BCUT2D eigenvalue weighted by Crippen LogP contribution is 2.51. The van der Waals surface area contributed by atoms with Crippen LogP contribution in [0.4, 0.5) is 4.39 Å². The molecule has 0 aliphatic heterocycles. The van der Waals surface area contributed by atoms with Gasteiger partial charge in [0.05, 0.1) is 6.54 Å². The number of nitrogens with one attached hydrogen (secondary N) is 1. The summed E-state index contributed by atoms with van der Waals surface area (Å²) in [7, 11) is 0. The van der Waals surface area contributed by atoms with Gasteiger partial charge in [-0.3, -0.25) is 4.79 Å². The molecular weight excluding hydrogens is 277 g/mol. The Labute approximate surface area is 122 Å². The molecule has 21 heavy (non-hydrogen) atoms. The molecule has 1 aliphatic rings. The highest BCUT2D eigenvalue weighted by molar-refractivity contribution is 5.83. The Balaban J connectivity index is 1.89. The first kappa shape index (κ1) is 15.3. The maximum atomic E-state index is 12.8. The predicted octanol–water partition coefficient (Wildman–Crippen LogP) is 1.82. The van der Waals surface area contributed by atoms with E-state index < -0.39 is 17.9 Å². The Morgan fingerprint density at radius 3 is 2.48 bits per heavy atom. The number of ether oxygens (including phenoxy) is 1. The van der Waals surface area contributed by atoms with E-state index in [2.05, 4.69) is 5.32 Å². The van der Waals surface area contributed by atoms with Gasteiger partial charge in [0.15, 0.2) is 0 Å². The van der Waals surface area contributed by atoms with Crippen LogP contribution in [0.15, 0.2) is 24.3 Å². The second-order valence-corrected chi connectivity index (χ2v) is 5.89. The van der Waals surface area contributed by atoms with Gasteiger partial charge in [0.25, 0.3) is 0 Å². The fourth-order valence-electron chi connectivity index (χ4n) is 2.09. The van der Waals surface area contributed by atoms with Crippen molar-refractivity contribution in [2.24, 2.45) is 11.3 Å². The molecule has 1 fully saturated rings. The molecule has 2 N–H and O–H groups in total. The Kier molecular flexibility index (Phi) is 4.16. The zero-order valence-corrected chi connectivity index (χ0v) is 11.9. The summed E-state index contributed by atoms with van der Waals surface area (Å²) in [4.78, 5) is 23.0. The monoisotopic (exact) mass is 295 g/mol. The van der Waals surface area contributed by atoms with Gasteiger partial charge in [0, 0.05) is 5.92 Å². The van der Waals surface area contributed by atoms with E-state index in [0.717, 1.165) is 6.42 Å². The fourth-order valence-corrected chi connectivity index (χ4v) is 2.09. The van der Waals surface area contributed by atoms with Gasteiger partial charge in [-0.2, -0.15) is 0 Å². The molecule has 1 aromatic rings. The van der Waals surface area contributed by atoms with Crippen molar-refractivity contribution in [3.05, 3.63) is 30.1 Å². The minimum Gasteiger partial charge on any atom is -0.478 e. The van der Waals surface area contributed by atoms with Crippen molar-refractivity contribution >= 4 is 11.9 Å². The van der Waals surface area contributed by atoms with Crippen molar-refractivity contribution in [1.82, 2.24) is 5.32 Å². The lowest BCUT2D eigenvalue weighted by molar-refractivity contribution is -0.145. The molecule has 2 unspecified atom stereocenters. The molecule has 1 amide bonds. The first-order chi connectivity index (χ1) is 9.79. The Hall–Kier alpha value is -2.11. The summed E-state index contributed by atoms with van der Waals surface area (Å²) >= 11 is 0. The van der Waals surface area contributed by atoms with E-state index in [9.17, 15) is 14.0 Å². The first-order valence-electron chi connectivity index (χ1n) is 6.72. The average molecular weight is 295 g/mol. The lowest BCUT2D eigenvalue weighted by Gasteiger charge is -2.16. The van der Waals surface area contributed by atoms with E-state index in [0.29, 0.717) is 0 Å². The summed E-state index contributed by atoms with van der Waals surface area (Å²) in [6.07, 6.45) is -0.406. The predicted molar refractivity (Wildman–Crippen MR) is 73.3 cm³/mol. The minimum absolute atomic E-state index is 0.0133. The fraction of sp³-hybridized carbons (Fsp3) is 0.467. The summed E-state index contributed by atoms with van der Waals surface area (Å²) in [5, 5.41) is 11.7. The van der Waals surface area contributed by atoms with Crippen molar-refractivity contribution in [3.63, 3.8) is 0 Å². The smallest absolute Gasteiger partial charge is 0.346 e. The molecule has 0 radical (unpaired) electrons. The van der Waals surface area contributed by atoms with Gasteiger partial charge in [-0.05, 0) is 36.1 Å². The van der Waals surface area contributed by atoms with E-state index in [1.54, 1.807) is 0 Å². The zero-order valence-electron chi connectivity index (χ0n) is 11.9. The van der Waals surface area contributed by atoms with Gasteiger partial charge in [0.2, 0.25) is 12.0 Å². The van der Waals surface area contributed by atoms with Crippen molar-refractivity contribution in [2.45, 2.75) is 26.4 Å². The molecule has 0 aromatic heterocycles. The second kappa shape index (κ2) is 5.71. The van der Waals surface area contributed by atoms with Crippen LogP contribution in [0.5, 0.6) is 5.75 Å². The first-order valence-corrected chi connectivity index (χ1v) is 6.72. The van der Waals surface area contributed by atoms with Crippen molar-refractivity contribution < 1.29 is 23.8 Å². The van der Waals surface area contributed by atoms with E-state index >= 15 is 0 Å². The van der Waals surface area contributed by atoms with E-state index in [1.165, 1.54) is 24.3 Å². The molecule has 114 valence electrons. The summed E-state index contributed by atoms with van der Waals surface area (Å²) in [6, 6.07) is 5.05. The zero-order chi connectivity index (χ0) is 15.6. The molecule has 0 saturated heterocycles. The number of carbonyl (C=O) groups is 2. The molecule has 2 rings (SSSR count). The molecule has 0 heterocycles. The molecule has 6 heteroatoms. The highest BCUT2D eigenvalue weighted by atomic mass is 19.1. The Bertz CT molecular complexity index is 541. The van der Waals surface area contributed by atoms with Crippen LogP contribution in [-0.2, 0) is 9.59 Å². The van der Waals surface area contributed by atoms with Crippen LogP contribution >= 0.6 is 0 Å². The highest BCUT2D eigenvalue weighted by Gasteiger charge is 2.50. The number of carbonyl (C=O) groups excluding carboxylic acids is 1. The number of halogens is 1. The average Bonchev–Trinajstić information content (AvgIpc) is 3.05. The van der Waals surface area contributed by atoms with Gasteiger partial charge in [-0.25, -0.2) is 9.18 Å². The number of rotatable bonds is 6. The normalized spacial score (nSPS) is 20.4.